The maximum Gasteiger partial charge on any atom is 0.239 e. The first-order chi connectivity index (χ1) is 8.24. The van der Waals surface area contributed by atoms with E-state index in [1.807, 2.05) is 4.90 Å². The number of rotatable bonds is 1. The number of fused-ring (bicyclic) bond motifs is 1. The fourth-order valence-corrected chi connectivity index (χ4v) is 3.34. The molecular formula is C11H13N3O2S. The lowest BCUT2D eigenvalue weighted by Crippen LogP contribution is -2.47. The SMILES string of the molecule is O=C1CN(c2nc3c(s2)CCCC3=O)CCN1. The highest BCUT2D eigenvalue weighted by molar-refractivity contribution is 7.16. The summed E-state index contributed by atoms with van der Waals surface area (Å²) in [5.41, 5.74) is 0.641. The zero-order valence-corrected chi connectivity index (χ0v) is 10.2. The number of carbonyl (C=O) groups excluding carboxylic acids is 2. The molecule has 2 aliphatic rings. The number of amides is 1. The van der Waals surface area contributed by atoms with Gasteiger partial charge in [0.25, 0.3) is 0 Å². The molecule has 17 heavy (non-hydrogen) atoms. The summed E-state index contributed by atoms with van der Waals surface area (Å²) in [5.74, 6) is 0.172. The first-order valence-electron chi connectivity index (χ1n) is 5.78. The van der Waals surface area contributed by atoms with Crippen molar-refractivity contribution in [1.82, 2.24) is 10.3 Å². The molecule has 0 spiro atoms. The minimum atomic E-state index is 0.0238. The Kier molecular flexibility index (Phi) is 2.58. The van der Waals surface area contributed by atoms with Crippen molar-refractivity contribution in [2.45, 2.75) is 19.3 Å². The number of aromatic nitrogens is 1. The highest BCUT2D eigenvalue weighted by Crippen LogP contribution is 2.31. The van der Waals surface area contributed by atoms with Gasteiger partial charge in [0.1, 0.15) is 5.69 Å². The van der Waals surface area contributed by atoms with Crippen molar-refractivity contribution >= 4 is 28.2 Å². The number of carbonyl (C=O) groups is 2. The second-order valence-corrected chi connectivity index (χ2v) is 5.38. The van der Waals surface area contributed by atoms with Crippen LogP contribution in [0.1, 0.15) is 28.2 Å². The summed E-state index contributed by atoms with van der Waals surface area (Å²) in [4.78, 5) is 30.4. The molecule has 3 rings (SSSR count). The molecule has 1 aromatic heterocycles. The summed E-state index contributed by atoms with van der Waals surface area (Å²) in [6.07, 6.45) is 2.48. The van der Waals surface area contributed by atoms with Crippen molar-refractivity contribution in [3.63, 3.8) is 0 Å². The van der Waals surface area contributed by atoms with Crippen LogP contribution >= 0.6 is 11.3 Å². The first kappa shape index (κ1) is 10.7. The molecule has 0 atom stereocenters. The van der Waals surface area contributed by atoms with E-state index in [-0.39, 0.29) is 11.7 Å². The van der Waals surface area contributed by atoms with Crippen LogP contribution in [0.15, 0.2) is 0 Å². The molecule has 2 heterocycles. The first-order valence-corrected chi connectivity index (χ1v) is 6.60. The zero-order chi connectivity index (χ0) is 11.8. The van der Waals surface area contributed by atoms with Crippen LogP contribution in [0.5, 0.6) is 0 Å². The van der Waals surface area contributed by atoms with Crippen molar-refractivity contribution in [2.75, 3.05) is 24.5 Å². The minimum Gasteiger partial charge on any atom is -0.353 e. The van der Waals surface area contributed by atoms with Gasteiger partial charge in [0, 0.05) is 24.4 Å². The molecule has 6 heteroatoms. The smallest absolute Gasteiger partial charge is 0.239 e. The number of piperazine rings is 1. The molecule has 0 saturated carbocycles. The maximum absolute atomic E-state index is 11.7. The summed E-state index contributed by atoms with van der Waals surface area (Å²) in [6, 6.07) is 0. The van der Waals surface area contributed by atoms with E-state index in [0.29, 0.717) is 25.2 Å². The lowest BCUT2D eigenvalue weighted by Gasteiger charge is -2.25. The van der Waals surface area contributed by atoms with E-state index in [0.717, 1.165) is 29.4 Å². The maximum atomic E-state index is 11.7. The quantitative estimate of drug-likeness (QED) is 0.794. The number of hydrogen-bond donors (Lipinski definition) is 1. The van der Waals surface area contributed by atoms with Crippen LogP contribution in [0.4, 0.5) is 5.13 Å². The Balaban J connectivity index is 1.88. The molecule has 0 aromatic carbocycles. The van der Waals surface area contributed by atoms with Gasteiger partial charge in [0.15, 0.2) is 10.9 Å². The van der Waals surface area contributed by atoms with Crippen LogP contribution in [-0.2, 0) is 11.2 Å². The normalized spacial score (nSPS) is 20.1. The third-order valence-electron chi connectivity index (χ3n) is 3.07. The molecule has 5 nitrogen and oxygen atoms in total. The highest BCUT2D eigenvalue weighted by atomic mass is 32.1. The van der Waals surface area contributed by atoms with E-state index in [1.54, 1.807) is 11.3 Å². The summed E-state index contributed by atoms with van der Waals surface area (Å²) < 4.78 is 0. The van der Waals surface area contributed by atoms with Gasteiger partial charge in [-0.25, -0.2) is 4.98 Å². The summed E-state index contributed by atoms with van der Waals surface area (Å²) in [6.45, 7) is 1.77. The van der Waals surface area contributed by atoms with Gasteiger partial charge in [-0.3, -0.25) is 9.59 Å². The molecule has 1 N–H and O–H groups in total. The van der Waals surface area contributed by atoms with E-state index in [9.17, 15) is 9.59 Å². The molecule has 1 aliphatic heterocycles. The monoisotopic (exact) mass is 251 g/mol. The van der Waals surface area contributed by atoms with Gasteiger partial charge in [0.2, 0.25) is 5.91 Å². The Hall–Kier alpha value is -1.43. The minimum absolute atomic E-state index is 0.0238. The average molecular weight is 251 g/mol. The van der Waals surface area contributed by atoms with E-state index >= 15 is 0 Å². The van der Waals surface area contributed by atoms with Crippen molar-refractivity contribution < 1.29 is 9.59 Å². The molecular weight excluding hydrogens is 238 g/mol. The molecule has 0 radical (unpaired) electrons. The van der Waals surface area contributed by atoms with Gasteiger partial charge < -0.3 is 10.2 Å². The van der Waals surface area contributed by atoms with Gasteiger partial charge in [-0.1, -0.05) is 0 Å². The van der Waals surface area contributed by atoms with Crippen LogP contribution < -0.4 is 10.2 Å². The number of thiazole rings is 1. The molecule has 1 aromatic rings. The van der Waals surface area contributed by atoms with Crippen molar-refractivity contribution in [1.29, 1.82) is 0 Å². The van der Waals surface area contributed by atoms with E-state index < -0.39 is 0 Å². The lowest BCUT2D eigenvalue weighted by molar-refractivity contribution is -0.120. The molecule has 0 bridgehead atoms. The Labute approximate surface area is 103 Å². The topological polar surface area (TPSA) is 62.3 Å². The van der Waals surface area contributed by atoms with Crippen LogP contribution in [0, 0.1) is 0 Å². The van der Waals surface area contributed by atoms with Gasteiger partial charge in [-0.05, 0) is 12.8 Å². The van der Waals surface area contributed by atoms with Crippen molar-refractivity contribution in [2.24, 2.45) is 0 Å². The van der Waals surface area contributed by atoms with Crippen LogP contribution in [-0.4, -0.2) is 36.3 Å². The van der Waals surface area contributed by atoms with Crippen molar-refractivity contribution in [3.8, 4) is 0 Å². The average Bonchev–Trinajstić information content (AvgIpc) is 2.74. The van der Waals surface area contributed by atoms with Gasteiger partial charge in [-0.15, -0.1) is 11.3 Å². The standard InChI is InChI=1S/C11H13N3O2S/c15-7-2-1-3-8-10(7)13-11(17-8)14-5-4-12-9(16)6-14/h1-6H2,(H,12,16). The predicted octanol–water partition coefficient (Wildman–Crippen LogP) is 0.598. The number of nitrogens with one attached hydrogen (secondary N) is 1. The number of aryl methyl sites for hydroxylation is 1. The Bertz CT molecular complexity index is 483. The number of ketones is 1. The number of hydrogen-bond acceptors (Lipinski definition) is 5. The molecule has 0 unspecified atom stereocenters. The Morgan fingerprint density at radius 2 is 2.18 bits per heavy atom. The van der Waals surface area contributed by atoms with Crippen molar-refractivity contribution in [3.05, 3.63) is 10.6 Å². The second kappa shape index (κ2) is 4.10. The molecule has 1 fully saturated rings. The zero-order valence-electron chi connectivity index (χ0n) is 9.36. The Morgan fingerprint density at radius 3 is 2.94 bits per heavy atom. The lowest BCUT2D eigenvalue weighted by atomic mass is 10.0. The summed E-state index contributed by atoms with van der Waals surface area (Å²) in [7, 11) is 0. The largest absolute Gasteiger partial charge is 0.353 e. The molecule has 1 saturated heterocycles. The Morgan fingerprint density at radius 1 is 1.29 bits per heavy atom. The highest BCUT2D eigenvalue weighted by Gasteiger charge is 2.26. The molecule has 1 amide bonds. The van der Waals surface area contributed by atoms with E-state index in [4.69, 9.17) is 0 Å². The predicted molar refractivity (Wildman–Crippen MR) is 64.6 cm³/mol. The van der Waals surface area contributed by atoms with Gasteiger partial charge in [-0.2, -0.15) is 0 Å². The number of anilines is 1. The van der Waals surface area contributed by atoms with Crippen LogP contribution in [0.25, 0.3) is 0 Å². The van der Waals surface area contributed by atoms with Gasteiger partial charge >= 0.3 is 0 Å². The van der Waals surface area contributed by atoms with E-state index in [1.165, 1.54) is 0 Å². The number of Topliss-reactive ketones (excluding diaryl/α,β-unsaturated/α-hetero) is 1. The van der Waals surface area contributed by atoms with Crippen LogP contribution in [0.2, 0.25) is 0 Å². The summed E-state index contributed by atoms with van der Waals surface area (Å²) >= 11 is 1.56. The number of nitrogens with zero attached hydrogens (tertiary/aromatic N) is 2. The summed E-state index contributed by atoms with van der Waals surface area (Å²) in [5, 5.41) is 3.60. The van der Waals surface area contributed by atoms with E-state index in [2.05, 4.69) is 10.3 Å². The second-order valence-electron chi connectivity index (χ2n) is 4.32. The fraction of sp³-hybridized carbons (Fsp3) is 0.545. The van der Waals surface area contributed by atoms with Crippen LogP contribution in [0.3, 0.4) is 0 Å². The van der Waals surface area contributed by atoms with Gasteiger partial charge in [0.05, 0.1) is 6.54 Å². The molecule has 90 valence electrons. The molecule has 1 aliphatic carbocycles. The third kappa shape index (κ3) is 1.93. The third-order valence-corrected chi connectivity index (χ3v) is 4.24. The fourth-order valence-electron chi connectivity index (χ4n) is 2.19.